The highest BCUT2D eigenvalue weighted by atomic mass is 19.1. The van der Waals surface area contributed by atoms with Crippen molar-refractivity contribution < 1.29 is 9.18 Å². The number of anilines is 2. The molecule has 1 amide bonds. The minimum absolute atomic E-state index is 0.0598. The molecule has 2 saturated heterocycles. The SMILES string of the molecule is CC(C)(NC(=O)C1CN(c2nc(N3CCCNCC3)ncc2F)C1)c1cnc2ccccn12. The first-order valence-electron chi connectivity index (χ1n) is 11.4. The number of fused-ring (bicyclic) bond motifs is 1. The zero-order valence-electron chi connectivity index (χ0n) is 19.0. The predicted octanol–water partition coefficient (Wildman–Crippen LogP) is 1.55. The summed E-state index contributed by atoms with van der Waals surface area (Å²) in [6.45, 7) is 8.20. The molecule has 3 aromatic heterocycles. The van der Waals surface area contributed by atoms with Gasteiger partial charge in [0.25, 0.3) is 0 Å². The lowest BCUT2D eigenvalue weighted by Gasteiger charge is -2.40. The molecule has 2 N–H and O–H groups in total. The van der Waals surface area contributed by atoms with E-state index in [1.165, 1.54) is 6.20 Å². The Bertz CT molecular complexity index is 1150. The van der Waals surface area contributed by atoms with E-state index in [2.05, 4.69) is 30.5 Å². The molecule has 0 unspecified atom stereocenters. The molecular weight excluding hydrogens is 423 g/mol. The molecule has 10 heteroatoms. The number of rotatable bonds is 5. The lowest BCUT2D eigenvalue weighted by molar-refractivity contribution is -0.127. The molecule has 0 saturated carbocycles. The van der Waals surface area contributed by atoms with Crippen LogP contribution in [0.3, 0.4) is 0 Å². The van der Waals surface area contributed by atoms with Gasteiger partial charge in [-0.25, -0.2) is 14.4 Å². The first-order chi connectivity index (χ1) is 15.9. The van der Waals surface area contributed by atoms with E-state index in [9.17, 15) is 9.18 Å². The maximum Gasteiger partial charge on any atom is 0.227 e. The number of aromatic nitrogens is 4. The molecule has 9 nitrogen and oxygen atoms in total. The largest absolute Gasteiger partial charge is 0.352 e. The van der Waals surface area contributed by atoms with Crippen LogP contribution in [0.15, 0.2) is 36.8 Å². The summed E-state index contributed by atoms with van der Waals surface area (Å²) in [5.41, 5.74) is 1.13. The quantitative estimate of drug-likeness (QED) is 0.607. The standard InChI is InChI=1S/C23H29FN8O/c1-23(2,18-13-26-19-6-3-4-10-32(18)19)29-21(33)16-14-31(15-16)20-17(24)12-27-22(28-20)30-9-5-7-25-8-11-30/h3-4,6,10,12-13,16,25H,5,7-9,11,14-15H2,1-2H3,(H,29,33). The van der Waals surface area contributed by atoms with Crippen molar-refractivity contribution in [2.24, 2.45) is 5.92 Å². The molecule has 2 aliphatic rings. The van der Waals surface area contributed by atoms with Crippen molar-refractivity contribution in [1.82, 2.24) is 30.0 Å². The van der Waals surface area contributed by atoms with E-state index in [1.807, 2.05) is 47.5 Å². The van der Waals surface area contributed by atoms with E-state index in [0.29, 0.717) is 19.0 Å². The summed E-state index contributed by atoms with van der Waals surface area (Å²) < 4.78 is 16.5. The summed E-state index contributed by atoms with van der Waals surface area (Å²) in [5, 5.41) is 6.48. The van der Waals surface area contributed by atoms with Gasteiger partial charge in [-0.3, -0.25) is 4.79 Å². The molecule has 33 heavy (non-hydrogen) atoms. The van der Waals surface area contributed by atoms with Crippen molar-refractivity contribution in [2.75, 3.05) is 49.1 Å². The molecule has 0 radical (unpaired) electrons. The molecule has 3 aromatic rings. The van der Waals surface area contributed by atoms with Crippen LogP contribution in [0.5, 0.6) is 0 Å². The maximum absolute atomic E-state index is 14.5. The third-order valence-electron chi connectivity index (χ3n) is 6.38. The third kappa shape index (κ3) is 4.22. The van der Waals surface area contributed by atoms with Gasteiger partial charge in [-0.05, 0) is 38.9 Å². The second kappa shape index (κ2) is 8.58. The van der Waals surface area contributed by atoms with Crippen LogP contribution in [-0.2, 0) is 10.3 Å². The van der Waals surface area contributed by atoms with E-state index in [4.69, 9.17) is 0 Å². The van der Waals surface area contributed by atoms with Crippen LogP contribution in [0.2, 0.25) is 0 Å². The number of carbonyl (C=O) groups is 1. The molecule has 5 rings (SSSR count). The van der Waals surface area contributed by atoms with Gasteiger partial charge in [0.2, 0.25) is 11.9 Å². The number of halogens is 1. The van der Waals surface area contributed by atoms with Gasteiger partial charge < -0.3 is 24.8 Å². The molecule has 0 aliphatic carbocycles. The summed E-state index contributed by atoms with van der Waals surface area (Å²) in [7, 11) is 0. The van der Waals surface area contributed by atoms with Crippen LogP contribution in [0.25, 0.3) is 5.65 Å². The van der Waals surface area contributed by atoms with Crippen molar-refractivity contribution in [2.45, 2.75) is 25.8 Å². The van der Waals surface area contributed by atoms with Gasteiger partial charge in [0.05, 0.1) is 29.5 Å². The Balaban J connectivity index is 1.24. The van der Waals surface area contributed by atoms with Crippen molar-refractivity contribution in [3.63, 3.8) is 0 Å². The molecular formula is C23H29FN8O. The van der Waals surface area contributed by atoms with Crippen LogP contribution in [-0.4, -0.2) is 64.5 Å². The van der Waals surface area contributed by atoms with Gasteiger partial charge in [0, 0.05) is 38.9 Å². The Labute approximate surface area is 192 Å². The highest BCUT2D eigenvalue weighted by Gasteiger charge is 2.38. The maximum atomic E-state index is 14.5. The topological polar surface area (TPSA) is 90.7 Å². The molecule has 2 aliphatic heterocycles. The lowest BCUT2D eigenvalue weighted by atomic mass is 9.95. The van der Waals surface area contributed by atoms with Crippen molar-refractivity contribution in [1.29, 1.82) is 0 Å². The summed E-state index contributed by atoms with van der Waals surface area (Å²) in [5.74, 6) is 0.0507. The van der Waals surface area contributed by atoms with Crippen LogP contribution >= 0.6 is 0 Å². The highest BCUT2D eigenvalue weighted by Crippen LogP contribution is 2.28. The third-order valence-corrected chi connectivity index (χ3v) is 6.38. The molecule has 2 fully saturated rings. The Morgan fingerprint density at radius 1 is 1.15 bits per heavy atom. The first-order valence-corrected chi connectivity index (χ1v) is 11.4. The Kier molecular flexibility index (Phi) is 5.61. The fraction of sp³-hybridized carbons (Fsp3) is 0.478. The number of carbonyl (C=O) groups excluding carboxylic acids is 1. The average Bonchev–Trinajstić information content (AvgIpc) is 3.02. The van der Waals surface area contributed by atoms with Gasteiger partial charge in [0.1, 0.15) is 5.65 Å². The van der Waals surface area contributed by atoms with Crippen LogP contribution in [0.4, 0.5) is 16.2 Å². The summed E-state index contributed by atoms with van der Waals surface area (Å²) in [6.07, 6.45) is 5.95. The van der Waals surface area contributed by atoms with Gasteiger partial charge in [-0.1, -0.05) is 6.07 Å². The first kappa shape index (κ1) is 21.6. The summed E-state index contributed by atoms with van der Waals surface area (Å²) in [4.78, 5) is 30.0. The van der Waals surface area contributed by atoms with E-state index in [0.717, 1.165) is 43.9 Å². The zero-order chi connectivity index (χ0) is 23.0. The number of amides is 1. The normalized spacial score (nSPS) is 17.7. The number of nitrogens with one attached hydrogen (secondary N) is 2. The fourth-order valence-corrected chi connectivity index (χ4v) is 4.46. The van der Waals surface area contributed by atoms with Crippen molar-refractivity contribution in [3.05, 3.63) is 48.3 Å². The fourth-order valence-electron chi connectivity index (χ4n) is 4.46. The van der Waals surface area contributed by atoms with E-state index in [-0.39, 0.29) is 17.6 Å². The van der Waals surface area contributed by atoms with Gasteiger partial charge in [0.15, 0.2) is 11.6 Å². The van der Waals surface area contributed by atoms with Crippen LogP contribution < -0.4 is 20.4 Å². The van der Waals surface area contributed by atoms with Crippen LogP contribution in [0, 0.1) is 11.7 Å². The number of hydrogen-bond donors (Lipinski definition) is 2. The number of nitrogens with zero attached hydrogens (tertiary/aromatic N) is 6. The van der Waals surface area contributed by atoms with Gasteiger partial charge in [-0.2, -0.15) is 4.98 Å². The second-order valence-electron chi connectivity index (χ2n) is 9.22. The molecule has 5 heterocycles. The summed E-state index contributed by atoms with van der Waals surface area (Å²) >= 11 is 0. The zero-order valence-corrected chi connectivity index (χ0v) is 19.0. The Morgan fingerprint density at radius 3 is 2.85 bits per heavy atom. The van der Waals surface area contributed by atoms with Crippen molar-refractivity contribution in [3.8, 4) is 0 Å². The molecule has 0 atom stereocenters. The monoisotopic (exact) mass is 452 g/mol. The predicted molar refractivity (Wildman–Crippen MR) is 124 cm³/mol. The summed E-state index contributed by atoms with van der Waals surface area (Å²) in [6, 6.07) is 5.80. The van der Waals surface area contributed by atoms with E-state index < -0.39 is 11.4 Å². The average molecular weight is 453 g/mol. The van der Waals surface area contributed by atoms with E-state index in [1.54, 1.807) is 6.20 Å². The Morgan fingerprint density at radius 2 is 2.00 bits per heavy atom. The van der Waals surface area contributed by atoms with Gasteiger partial charge in [-0.15, -0.1) is 0 Å². The van der Waals surface area contributed by atoms with Gasteiger partial charge >= 0.3 is 0 Å². The van der Waals surface area contributed by atoms with E-state index >= 15 is 0 Å². The highest BCUT2D eigenvalue weighted by molar-refractivity contribution is 5.82. The molecule has 174 valence electrons. The molecule has 0 bridgehead atoms. The smallest absolute Gasteiger partial charge is 0.227 e. The number of pyridine rings is 1. The Hall–Kier alpha value is -3.27. The lowest BCUT2D eigenvalue weighted by Crippen LogP contribution is -2.57. The minimum atomic E-state index is -0.605. The second-order valence-corrected chi connectivity index (χ2v) is 9.22. The number of hydrogen-bond acceptors (Lipinski definition) is 7. The molecule has 0 aromatic carbocycles. The minimum Gasteiger partial charge on any atom is -0.352 e. The van der Waals surface area contributed by atoms with Crippen LogP contribution in [0.1, 0.15) is 26.0 Å². The molecule has 0 spiro atoms. The van der Waals surface area contributed by atoms with Crippen molar-refractivity contribution >= 4 is 23.3 Å². The number of imidazole rings is 1.